The Labute approximate surface area is 142 Å². The second-order valence-electron chi connectivity index (χ2n) is 6.48. The first kappa shape index (κ1) is 16.3. The predicted molar refractivity (Wildman–Crippen MR) is 93.6 cm³/mol. The summed E-state index contributed by atoms with van der Waals surface area (Å²) < 4.78 is 2.05. The van der Waals surface area contributed by atoms with Crippen molar-refractivity contribution in [3.63, 3.8) is 0 Å². The number of aromatic nitrogens is 1. The van der Waals surface area contributed by atoms with Crippen LogP contribution in [0.25, 0.3) is 0 Å². The summed E-state index contributed by atoms with van der Waals surface area (Å²) in [4.78, 5) is 26.4. The lowest BCUT2D eigenvalue weighted by atomic mass is 10.1. The third-order valence-electron chi connectivity index (χ3n) is 4.76. The molecular formula is C19H23N3O2. The molecule has 1 aromatic heterocycles. The fourth-order valence-electron chi connectivity index (χ4n) is 3.02. The van der Waals surface area contributed by atoms with E-state index in [0.717, 1.165) is 22.6 Å². The SMILES string of the molecule is Cc1ccc(N2C[C@H](C(=O)NCc3ccc(C)n3C)CC2=O)cc1. The maximum absolute atomic E-state index is 12.4. The third kappa shape index (κ3) is 3.20. The second-order valence-corrected chi connectivity index (χ2v) is 6.48. The molecule has 0 saturated carbocycles. The summed E-state index contributed by atoms with van der Waals surface area (Å²) in [5.74, 6) is -0.342. The van der Waals surface area contributed by atoms with Crippen molar-refractivity contribution in [3.8, 4) is 0 Å². The molecule has 2 aromatic rings. The number of aryl methyl sites for hydroxylation is 2. The van der Waals surface area contributed by atoms with Crippen molar-refractivity contribution >= 4 is 17.5 Å². The van der Waals surface area contributed by atoms with Crippen molar-refractivity contribution in [1.82, 2.24) is 9.88 Å². The monoisotopic (exact) mass is 325 g/mol. The number of carbonyl (C=O) groups is 2. The van der Waals surface area contributed by atoms with E-state index in [0.29, 0.717) is 13.1 Å². The first-order valence-corrected chi connectivity index (χ1v) is 8.21. The van der Waals surface area contributed by atoms with E-state index >= 15 is 0 Å². The Hall–Kier alpha value is -2.56. The van der Waals surface area contributed by atoms with Gasteiger partial charge in [0.25, 0.3) is 0 Å². The van der Waals surface area contributed by atoms with Crippen LogP contribution in [0.1, 0.15) is 23.4 Å². The molecule has 1 saturated heterocycles. The van der Waals surface area contributed by atoms with Crippen LogP contribution in [0.3, 0.4) is 0 Å². The van der Waals surface area contributed by atoms with Crippen molar-refractivity contribution in [3.05, 3.63) is 53.3 Å². The van der Waals surface area contributed by atoms with Crippen molar-refractivity contribution in [1.29, 1.82) is 0 Å². The molecule has 2 amide bonds. The molecule has 1 aliphatic heterocycles. The first-order valence-electron chi connectivity index (χ1n) is 8.21. The lowest BCUT2D eigenvalue weighted by Gasteiger charge is -2.17. The van der Waals surface area contributed by atoms with E-state index in [-0.39, 0.29) is 24.2 Å². The van der Waals surface area contributed by atoms with E-state index in [9.17, 15) is 9.59 Å². The number of benzene rings is 1. The van der Waals surface area contributed by atoms with Gasteiger partial charge in [-0.1, -0.05) is 17.7 Å². The zero-order valence-electron chi connectivity index (χ0n) is 14.4. The molecule has 1 aromatic carbocycles. The van der Waals surface area contributed by atoms with Crippen LogP contribution in [0.2, 0.25) is 0 Å². The minimum atomic E-state index is -0.292. The van der Waals surface area contributed by atoms with Gasteiger partial charge in [-0.2, -0.15) is 0 Å². The van der Waals surface area contributed by atoms with Crippen LogP contribution in [0.5, 0.6) is 0 Å². The van der Waals surface area contributed by atoms with Crippen LogP contribution in [-0.2, 0) is 23.2 Å². The summed E-state index contributed by atoms with van der Waals surface area (Å²) in [6.07, 6.45) is 0.270. The van der Waals surface area contributed by atoms with Gasteiger partial charge in [-0.3, -0.25) is 9.59 Å². The number of hydrogen-bond acceptors (Lipinski definition) is 2. The zero-order chi connectivity index (χ0) is 17.3. The van der Waals surface area contributed by atoms with E-state index in [2.05, 4.69) is 9.88 Å². The van der Waals surface area contributed by atoms with Crippen LogP contribution in [0.15, 0.2) is 36.4 Å². The van der Waals surface area contributed by atoms with E-state index in [1.165, 1.54) is 0 Å². The van der Waals surface area contributed by atoms with Gasteiger partial charge in [0.05, 0.1) is 12.5 Å². The van der Waals surface area contributed by atoms with Gasteiger partial charge in [0.1, 0.15) is 0 Å². The van der Waals surface area contributed by atoms with E-state index in [1.807, 2.05) is 57.3 Å². The molecule has 126 valence electrons. The first-order chi connectivity index (χ1) is 11.5. The number of nitrogens with zero attached hydrogens (tertiary/aromatic N) is 2. The maximum Gasteiger partial charge on any atom is 0.227 e. The third-order valence-corrected chi connectivity index (χ3v) is 4.76. The van der Waals surface area contributed by atoms with Crippen LogP contribution in [-0.4, -0.2) is 22.9 Å². The molecular weight excluding hydrogens is 302 g/mol. The Kier molecular flexibility index (Phi) is 4.42. The minimum Gasteiger partial charge on any atom is -0.350 e. The lowest BCUT2D eigenvalue weighted by Crippen LogP contribution is -2.33. The van der Waals surface area contributed by atoms with E-state index in [1.54, 1.807) is 4.90 Å². The lowest BCUT2D eigenvalue weighted by molar-refractivity contribution is -0.126. The number of amides is 2. The van der Waals surface area contributed by atoms with Gasteiger partial charge in [0.15, 0.2) is 0 Å². The Balaban J connectivity index is 1.61. The summed E-state index contributed by atoms with van der Waals surface area (Å²) >= 11 is 0. The molecule has 5 heteroatoms. The topological polar surface area (TPSA) is 54.3 Å². The molecule has 0 spiro atoms. The molecule has 0 aliphatic carbocycles. The van der Waals surface area contributed by atoms with E-state index < -0.39 is 0 Å². The summed E-state index contributed by atoms with van der Waals surface area (Å²) in [6, 6.07) is 11.9. The highest BCUT2D eigenvalue weighted by Crippen LogP contribution is 2.25. The molecule has 0 radical (unpaired) electrons. The summed E-state index contributed by atoms with van der Waals surface area (Å²) in [5.41, 5.74) is 4.22. The number of rotatable bonds is 4. The molecule has 1 N–H and O–H groups in total. The zero-order valence-corrected chi connectivity index (χ0v) is 14.4. The number of anilines is 1. The normalized spacial score (nSPS) is 17.4. The quantitative estimate of drug-likeness (QED) is 0.938. The summed E-state index contributed by atoms with van der Waals surface area (Å²) in [5, 5.41) is 2.96. The van der Waals surface area contributed by atoms with Crippen molar-refractivity contribution < 1.29 is 9.59 Å². The standard InChI is InChI=1S/C19H23N3O2/c1-13-4-7-16(8-5-13)22-12-15(10-18(22)23)19(24)20-11-17-9-6-14(2)21(17)3/h4-9,15H,10-12H2,1-3H3,(H,20,24)/t15-/m1/s1. The fourth-order valence-corrected chi connectivity index (χ4v) is 3.02. The number of carbonyl (C=O) groups excluding carboxylic acids is 2. The molecule has 24 heavy (non-hydrogen) atoms. The number of hydrogen-bond donors (Lipinski definition) is 1. The van der Waals surface area contributed by atoms with Crippen LogP contribution < -0.4 is 10.2 Å². The average molecular weight is 325 g/mol. The maximum atomic E-state index is 12.4. The van der Waals surface area contributed by atoms with Crippen LogP contribution in [0.4, 0.5) is 5.69 Å². The highest BCUT2D eigenvalue weighted by molar-refractivity contribution is 6.00. The van der Waals surface area contributed by atoms with Gasteiger partial charge >= 0.3 is 0 Å². The molecule has 5 nitrogen and oxygen atoms in total. The predicted octanol–water partition coefficient (Wildman–Crippen LogP) is 2.31. The fraction of sp³-hybridized carbons (Fsp3) is 0.368. The van der Waals surface area contributed by atoms with Crippen LogP contribution in [0, 0.1) is 19.8 Å². The minimum absolute atomic E-state index is 0.00807. The van der Waals surface area contributed by atoms with Gasteiger partial charge in [-0.15, -0.1) is 0 Å². The molecule has 1 aliphatic rings. The largest absolute Gasteiger partial charge is 0.350 e. The molecule has 1 atom stereocenters. The number of nitrogens with one attached hydrogen (secondary N) is 1. The van der Waals surface area contributed by atoms with Gasteiger partial charge in [-0.25, -0.2) is 0 Å². The van der Waals surface area contributed by atoms with Gasteiger partial charge in [0, 0.05) is 37.1 Å². The van der Waals surface area contributed by atoms with Crippen LogP contribution >= 0.6 is 0 Å². The second kappa shape index (κ2) is 6.51. The summed E-state index contributed by atoms with van der Waals surface area (Å²) in [6.45, 7) is 4.97. The van der Waals surface area contributed by atoms with Crippen molar-refractivity contribution in [2.24, 2.45) is 13.0 Å². The molecule has 1 fully saturated rings. The van der Waals surface area contributed by atoms with Crippen molar-refractivity contribution in [2.75, 3.05) is 11.4 Å². The average Bonchev–Trinajstić information content (AvgIpc) is 3.10. The Morgan fingerprint density at radius 3 is 2.50 bits per heavy atom. The Bertz CT molecular complexity index is 761. The summed E-state index contributed by atoms with van der Waals surface area (Å²) in [7, 11) is 1.98. The molecule has 2 heterocycles. The van der Waals surface area contributed by atoms with E-state index in [4.69, 9.17) is 0 Å². The highest BCUT2D eigenvalue weighted by Gasteiger charge is 2.34. The van der Waals surface area contributed by atoms with Gasteiger partial charge in [0.2, 0.25) is 11.8 Å². The highest BCUT2D eigenvalue weighted by atomic mass is 16.2. The molecule has 0 unspecified atom stereocenters. The smallest absolute Gasteiger partial charge is 0.227 e. The molecule has 0 bridgehead atoms. The Morgan fingerprint density at radius 1 is 1.17 bits per heavy atom. The van der Waals surface area contributed by atoms with Crippen molar-refractivity contribution in [2.45, 2.75) is 26.8 Å². The van der Waals surface area contributed by atoms with Gasteiger partial charge in [-0.05, 0) is 38.1 Å². The Morgan fingerprint density at radius 2 is 1.88 bits per heavy atom. The molecule has 3 rings (SSSR count). The van der Waals surface area contributed by atoms with Gasteiger partial charge < -0.3 is 14.8 Å².